The van der Waals surface area contributed by atoms with E-state index in [2.05, 4.69) is 4.90 Å². The average Bonchev–Trinajstić information content (AvgIpc) is 2.70. The summed E-state index contributed by atoms with van der Waals surface area (Å²) in [6.45, 7) is 2.91. The molecule has 1 fully saturated rings. The minimum absolute atomic E-state index is 0.0544. The predicted octanol–water partition coefficient (Wildman–Crippen LogP) is 3.54. The zero-order valence-electron chi connectivity index (χ0n) is 15.0. The highest BCUT2D eigenvalue weighted by molar-refractivity contribution is 6.31. The molecule has 0 radical (unpaired) electrons. The van der Waals surface area contributed by atoms with Crippen LogP contribution in [0.5, 0.6) is 0 Å². The number of nitrogens with zero attached hydrogens (tertiary/aromatic N) is 2. The number of halogens is 2. The molecule has 1 aliphatic rings. The molecule has 2 aromatic carbocycles. The summed E-state index contributed by atoms with van der Waals surface area (Å²) in [5.41, 5.74) is 1.03. The molecule has 0 saturated carbocycles. The minimum atomic E-state index is -0.360. The summed E-state index contributed by atoms with van der Waals surface area (Å²) >= 11 is 6.10. The number of carbonyl (C=O) groups is 1. The van der Waals surface area contributed by atoms with Crippen LogP contribution in [0.3, 0.4) is 0 Å². The molecule has 0 aliphatic carbocycles. The summed E-state index contributed by atoms with van der Waals surface area (Å²) in [6, 6.07) is 12.5. The fraction of sp³-hybridized carbons (Fsp3) is 0.238. The number of hydrogen-bond acceptors (Lipinski definition) is 4. The van der Waals surface area contributed by atoms with Crippen LogP contribution in [0.15, 0.2) is 57.7 Å². The van der Waals surface area contributed by atoms with E-state index in [4.69, 9.17) is 16.0 Å². The van der Waals surface area contributed by atoms with Crippen LogP contribution in [0.1, 0.15) is 16.1 Å². The van der Waals surface area contributed by atoms with Crippen LogP contribution in [0.2, 0.25) is 5.02 Å². The van der Waals surface area contributed by atoms with Gasteiger partial charge in [0, 0.05) is 43.8 Å². The van der Waals surface area contributed by atoms with E-state index in [0.29, 0.717) is 48.7 Å². The Balaban J connectivity index is 1.43. The molecule has 28 heavy (non-hydrogen) atoms. The maximum atomic E-state index is 13.2. The number of piperazine rings is 1. The third-order valence-electron chi connectivity index (χ3n) is 4.91. The van der Waals surface area contributed by atoms with Crippen LogP contribution in [0.4, 0.5) is 4.39 Å². The topological polar surface area (TPSA) is 53.8 Å². The van der Waals surface area contributed by atoms with Gasteiger partial charge in [0.05, 0.1) is 5.39 Å². The number of amides is 1. The van der Waals surface area contributed by atoms with E-state index in [1.807, 2.05) is 0 Å². The molecular weight excluding hydrogens is 383 g/mol. The molecule has 1 aromatic heterocycles. The molecule has 3 aromatic rings. The summed E-state index contributed by atoms with van der Waals surface area (Å²) in [6.07, 6.45) is 0. The Kier molecular flexibility index (Phi) is 5.15. The third-order valence-corrected chi connectivity index (χ3v) is 5.27. The van der Waals surface area contributed by atoms with Gasteiger partial charge >= 0.3 is 0 Å². The van der Waals surface area contributed by atoms with E-state index in [1.54, 1.807) is 35.2 Å². The Bertz CT molecular complexity index is 1090. The summed E-state index contributed by atoms with van der Waals surface area (Å²) < 4.78 is 18.8. The first-order valence-corrected chi connectivity index (χ1v) is 9.37. The highest BCUT2D eigenvalue weighted by Gasteiger charge is 2.24. The lowest BCUT2D eigenvalue weighted by Crippen LogP contribution is -2.48. The molecule has 144 valence electrons. The molecule has 0 atom stereocenters. The molecule has 0 unspecified atom stereocenters. The minimum Gasteiger partial charge on any atom is -0.451 e. The van der Waals surface area contributed by atoms with Crippen molar-refractivity contribution in [2.75, 3.05) is 26.2 Å². The fourth-order valence-corrected chi connectivity index (χ4v) is 3.59. The van der Waals surface area contributed by atoms with Crippen molar-refractivity contribution in [3.05, 3.63) is 80.9 Å². The van der Waals surface area contributed by atoms with Crippen molar-refractivity contribution in [2.24, 2.45) is 0 Å². The Labute approximate surface area is 165 Å². The summed E-state index contributed by atoms with van der Waals surface area (Å²) in [5, 5.41) is 0.858. The van der Waals surface area contributed by atoms with Crippen LogP contribution in [-0.2, 0) is 6.54 Å². The van der Waals surface area contributed by atoms with Crippen LogP contribution >= 0.6 is 11.6 Å². The zero-order chi connectivity index (χ0) is 19.7. The molecule has 5 nitrogen and oxygen atoms in total. The molecule has 0 bridgehead atoms. The molecule has 1 saturated heterocycles. The number of benzene rings is 2. The first-order chi connectivity index (χ1) is 13.5. The number of hydrogen-bond donors (Lipinski definition) is 0. The SMILES string of the molecule is O=C(c1cc(=O)c2ccccc2o1)N1CCN(Cc2ccc(F)cc2Cl)CC1. The summed E-state index contributed by atoms with van der Waals surface area (Å²) in [4.78, 5) is 28.8. The van der Waals surface area contributed by atoms with Gasteiger partial charge in [-0.2, -0.15) is 0 Å². The van der Waals surface area contributed by atoms with E-state index < -0.39 is 0 Å². The van der Waals surface area contributed by atoms with Crippen LogP contribution in [-0.4, -0.2) is 41.9 Å². The second-order valence-electron chi connectivity index (χ2n) is 6.78. The molecule has 1 aliphatic heterocycles. The Hall–Kier alpha value is -2.70. The van der Waals surface area contributed by atoms with Crippen molar-refractivity contribution in [1.29, 1.82) is 0 Å². The van der Waals surface area contributed by atoms with Crippen molar-refractivity contribution < 1.29 is 13.6 Å². The van der Waals surface area contributed by atoms with Crippen molar-refractivity contribution in [1.82, 2.24) is 9.80 Å². The molecule has 7 heteroatoms. The van der Waals surface area contributed by atoms with Gasteiger partial charge in [-0.3, -0.25) is 14.5 Å². The lowest BCUT2D eigenvalue weighted by molar-refractivity contribution is 0.0598. The maximum absolute atomic E-state index is 13.2. The summed E-state index contributed by atoms with van der Waals surface area (Å²) in [7, 11) is 0. The number of rotatable bonds is 3. The quantitative estimate of drug-likeness (QED) is 0.674. The van der Waals surface area contributed by atoms with Crippen molar-refractivity contribution in [3.63, 3.8) is 0 Å². The van der Waals surface area contributed by atoms with Crippen LogP contribution in [0.25, 0.3) is 11.0 Å². The van der Waals surface area contributed by atoms with Crippen molar-refractivity contribution in [3.8, 4) is 0 Å². The first kappa shape index (κ1) is 18.7. The average molecular weight is 401 g/mol. The Morgan fingerprint density at radius 1 is 1.07 bits per heavy atom. The highest BCUT2D eigenvalue weighted by atomic mass is 35.5. The van der Waals surface area contributed by atoms with E-state index in [1.165, 1.54) is 18.2 Å². The normalized spacial score (nSPS) is 15.1. The third kappa shape index (κ3) is 3.79. The summed E-state index contributed by atoms with van der Waals surface area (Å²) in [5.74, 6) is -0.595. The number of para-hydroxylation sites is 1. The lowest BCUT2D eigenvalue weighted by atomic mass is 10.2. The second-order valence-corrected chi connectivity index (χ2v) is 7.18. The van der Waals surface area contributed by atoms with Crippen molar-refractivity contribution in [2.45, 2.75) is 6.54 Å². The largest absolute Gasteiger partial charge is 0.451 e. The lowest BCUT2D eigenvalue weighted by Gasteiger charge is -2.34. The van der Waals surface area contributed by atoms with Gasteiger partial charge in [0.1, 0.15) is 11.4 Å². The zero-order valence-corrected chi connectivity index (χ0v) is 15.8. The monoisotopic (exact) mass is 400 g/mol. The van der Waals surface area contributed by atoms with Crippen LogP contribution < -0.4 is 5.43 Å². The molecule has 1 amide bonds. The molecule has 0 spiro atoms. The van der Waals surface area contributed by atoms with Gasteiger partial charge in [0.2, 0.25) is 0 Å². The molecule has 2 heterocycles. The molecule has 4 rings (SSSR count). The van der Waals surface area contributed by atoms with E-state index in [-0.39, 0.29) is 22.9 Å². The van der Waals surface area contributed by atoms with Crippen molar-refractivity contribution >= 4 is 28.5 Å². The van der Waals surface area contributed by atoms with Gasteiger partial charge in [-0.25, -0.2) is 4.39 Å². The van der Waals surface area contributed by atoms with Crippen LogP contribution in [0, 0.1) is 5.82 Å². The maximum Gasteiger partial charge on any atom is 0.289 e. The van der Waals surface area contributed by atoms with Gasteiger partial charge in [0.15, 0.2) is 11.2 Å². The second kappa shape index (κ2) is 7.73. The van der Waals surface area contributed by atoms with Gasteiger partial charge in [-0.05, 0) is 29.8 Å². The number of fused-ring (bicyclic) bond motifs is 1. The van der Waals surface area contributed by atoms with Gasteiger partial charge < -0.3 is 9.32 Å². The standard InChI is InChI=1S/C21H18ClFN2O3/c22-17-11-15(23)6-5-14(17)13-24-7-9-25(10-8-24)21(27)20-12-18(26)16-3-1-2-4-19(16)28-20/h1-6,11-12H,7-10,13H2. The predicted molar refractivity (Wildman–Crippen MR) is 105 cm³/mol. The molecule has 0 N–H and O–H groups in total. The Morgan fingerprint density at radius 3 is 2.57 bits per heavy atom. The first-order valence-electron chi connectivity index (χ1n) is 9.00. The van der Waals surface area contributed by atoms with Gasteiger partial charge in [-0.15, -0.1) is 0 Å². The molecular formula is C21H18ClFN2O3. The van der Waals surface area contributed by atoms with E-state index in [0.717, 1.165) is 5.56 Å². The van der Waals surface area contributed by atoms with E-state index in [9.17, 15) is 14.0 Å². The van der Waals surface area contributed by atoms with E-state index >= 15 is 0 Å². The van der Waals surface area contributed by atoms with Gasteiger partial charge in [0.25, 0.3) is 5.91 Å². The number of carbonyl (C=O) groups excluding carboxylic acids is 1. The Morgan fingerprint density at radius 2 is 1.82 bits per heavy atom. The fourth-order valence-electron chi connectivity index (χ4n) is 3.37. The highest BCUT2D eigenvalue weighted by Crippen LogP contribution is 2.20. The van der Waals surface area contributed by atoms with Gasteiger partial charge in [-0.1, -0.05) is 29.8 Å². The smallest absolute Gasteiger partial charge is 0.289 e.